The molecule has 1 aromatic rings. The highest BCUT2D eigenvalue weighted by atomic mass is 35.5. The fourth-order valence-corrected chi connectivity index (χ4v) is 1.83. The molecule has 0 bridgehead atoms. The van der Waals surface area contributed by atoms with Crippen molar-refractivity contribution in [3.8, 4) is 0 Å². The fraction of sp³-hybridized carbons (Fsp3) is 0.333. The van der Waals surface area contributed by atoms with Crippen molar-refractivity contribution in [2.24, 2.45) is 0 Å². The summed E-state index contributed by atoms with van der Waals surface area (Å²) in [6.45, 7) is 0.911. The normalized spacial score (nSPS) is 15.4. The molecule has 0 aliphatic carbocycles. The summed E-state index contributed by atoms with van der Waals surface area (Å²) in [4.78, 5) is 24.7. The molecule has 1 heterocycles. The molecule has 0 unspecified atom stereocenters. The van der Waals surface area contributed by atoms with E-state index >= 15 is 0 Å². The van der Waals surface area contributed by atoms with E-state index in [1.807, 2.05) is 0 Å². The monoisotopic (exact) mass is 283 g/mol. The fourth-order valence-electron chi connectivity index (χ4n) is 1.71. The number of nitrogen functional groups attached to an aromatic ring is 1. The van der Waals surface area contributed by atoms with Crippen molar-refractivity contribution in [1.82, 2.24) is 4.90 Å². The van der Waals surface area contributed by atoms with Gasteiger partial charge in [-0.1, -0.05) is 11.6 Å². The molecule has 0 saturated carbocycles. The van der Waals surface area contributed by atoms with Crippen molar-refractivity contribution >= 4 is 34.8 Å². The number of morpholine rings is 1. The Hall–Kier alpha value is -1.79. The van der Waals surface area contributed by atoms with Gasteiger partial charge in [0.2, 0.25) is 11.8 Å². The number of carbonyl (C=O) groups is 2. The zero-order valence-corrected chi connectivity index (χ0v) is 10.9. The van der Waals surface area contributed by atoms with Gasteiger partial charge < -0.3 is 20.7 Å². The highest BCUT2D eigenvalue weighted by Gasteiger charge is 2.20. The number of halogens is 1. The molecular weight excluding hydrogens is 270 g/mol. The first-order valence-corrected chi connectivity index (χ1v) is 6.14. The van der Waals surface area contributed by atoms with Crippen LogP contribution >= 0.6 is 11.6 Å². The molecule has 2 amide bonds. The molecule has 1 saturated heterocycles. The van der Waals surface area contributed by atoms with E-state index in [0.717, 1.165) is 0 Å². The number of hydrogen-bond donors (Lipinski definition) is 2. The molecule has 1 aromatic carbocycles. The minimum Gasteiger partial charge on any atom is -0.397 e. The second-order valence-electron chi connectivity index (χ2n) is 4.15. The van der Waals surface area contributed by atoms with Gasteiger partial charge in [0.1, 0.15) is 13.2 Å². The lowest BCUT2D eigenvalue weighted by Gasteiger charge is -2.26. The molecule has 1 aliphatic heterocycles. The van der Waals surface area contributed by atoms with Crippen LogP contribution in [0.5, 0.6) is 0 Å². The third-order valence-corrected chi connectivity index (χ3v) is 3.04. The topological polar surface area (TPSA) is 84.7 Å². The minimum absolute atomic E-state index is 0.00469. The molecular formula is C12H14ClN3O3. The van der Waals surface area contributed by atoms with E-state index in [1.54, 1.807) is 18.2 Å². The Morgan fingerprint density at radius 1 is 1.53 bits per heavy atom. The Bertz CT molecular complexity index is 507. The number of nitrogens with zero attached hydrogens (tertiary/aromatic N) is 1. The number of anilines is 2. The van der Waals surface area contributed by atoms with E-state index in [4.69, 9.17) is 22.1 Å². The van der Waals surface area contributed by atoms with Crippen molar-refractivity contribution in [2.75, 3.05) is 37.4 Å². The van der Waals surface area contributed by atoms with Gasteiger partial charge in [0.05, 0.1) is 17.3 Å². The first-order chi connectivity index (χ1) is 9.06. The predicted molar refractivity (Wildman–Crippen MR) is 71.9 cm³/mol. The maximum Gasteiger partial charge on any atom is 0.249 e. The first kappa shape index (κ1) is 13.6. The Kier molecular flexibility index (Phi) is 4.24. The molecule has 0 atom stereocenters. The van der Waals surface area contributed by atoms with Crippen LogP contribution < -0.4 is 11.1 Å². The average Bonchev–Trinajstić information content (AvgIpc) is 2.37. The van der Waals surface area contributed by atoms with Crippen molar-refractivity contribution in [3.05, 3.63) is 23.2 Å². The van der Waals surface area contributed by atoms with Crippen molar-refractivity contribution in [1.29, 1.82) is 0 Å². The molecule has 1 aliphatic rings. The lowest BCUT2D eigenvalue weighted by Crippen LogP contribution is -2.45. The number of benzene rings is 1. The molecule has 0 spiro atoms. The SMILES string of the molecule is Nc1cc(NC(=O)CN2CCOCC2=O)ccc1Cl. The van der Waals surface area contributed by atoms with Crippen LogP contribution in [0.15, 0.2) is 18.2 Å². The Balaban J connectivity index is 1.93. The summed E-state index contributed by atoms with van der Waals surface area (Å²) in [5, 5.41) is 3.10. The molecule has 19 heavy (non-hydrogen) atoms. The largest absolute Gasteiger partial charge is 0.397 e. The number of ether oxygens (including phenoxy) is 1. The molecule has 1 fully saturated rings. The molecule has 3 N–H and O–H groups in total. The number of nitrogens with one attached hydrogen (secondary N) is 1. The van der Waals surface area contributed by atoms with Crippen molar-refractivity contribution in [3.63, 3.8) is 0 Å². The molecule has 102 valence electrons. The maximum atomic E-state index is 11.8. The summed E-state index contributed by atoms with van der Waals surface area (Å²) >= 11 is 5.79. The van der Waals surface area contributed by atoms with Crippen molar-refractivity contribution < 1.29 is 14.3 Å². The van der Waals surface area contributed by atoms with Crippen molar-refractivity contribution in [2.45, 2.75) is 0 Å². The van der Waals surface area contributed by atoms with Gasteiger partial charge in [-0.25, -0.2) is 0 Å². The summed E-state index contributed by atoms with van der Waals surface area (Å²) in [7, 11) is 0. The molecule has 7 heteroatoms. The molecule has 2 rings (SSSR count). The van der Waals surface area contributed by atoms with Gasteiger partial charge >= 0.3 is 0 Å². The number of carbonyl (C=O) groups excluding carboxylic acids is 2. The second-order valence-corrected chi connectivity index (χ2v) is 4.56. The van der Waals surface area contributed by atoms with Crippen LogP contribution in [0.2, 0.25) is 5.02 Å². The number of hydrogen-bond acceptors (Lipinski definition) is 4. The van der Waals surface area contributed by atoms with Gasteiger partial charge in [-0.2, -0.15) is 0 Å². The van der Waals surface area contributed by atoms with Gasteiger partial charge in [-0.15, -0.1) is 0 Å². The Morgan fingerprint density at radius 3 is 3.00 bits per heavy atom. The number of amides is 2. The smallest absolute Gasteiger partial charge is 0.249 e. The second kappa shape index (κ2) is 5.90. The standard InChI is InChI=1S/C12H14ClN3O3/c13-9-2-1-8(5-10(9)14)15-11(17)6-16-3-4-19-7-12(16)18/h1-2,5H,3-4,6-7,14H2,(H,15,17). The van der Waals surface area contributed by atoms with Gasteiger partial charge in [0.25, 0.3) is 0 Å². The zero-order chi connectivity index (χ0) is 13.8. The van der Waals surface area contributed by atoms with Gasteiger partial charge in [0.15, 0.2) is 0 Å². The highest BCUT2D eigenvalue weighted by molar-refractivity contribution is 6.33. The van der Waals surface area contributed by atoms with Crippen LogP contribution in [0, 0.1) is 0 Å². The van der Waals surface area contributed by atoms with Crippen LogP contribution in [-0.2, 0) is 14.3 Å². The van der Waals surface area contributed by atoms with E-state index in [2.05, 4.69) is 5.32 Å². The van der Waals surface area contributed by atoms with Gasteiger partial charge in [-0.05, 0) is 18.2 Å². The number of nitrogens with two attached hydrogens (primary N) is 1. The summed E-state index contributed by atoms with van der Waals surface area (Å²) < 4.78 is 4.99. The van der Waals surface area contributed by atoms with Crippen LogP contribution in [0.25, 0.3) is 0 Å². The first-order valence-electron chi connectivity index (χ1n) is 5.76. The van der Waals surface area contributed by atoms with E-state index < -0.39 is 0 Å². The van der Waals surface area contributed by atoms with Crippen LogP contribution in [0.1, 0.15) is 0 Å². The zero-order valence-electron chi connectivity index (χ0n) is 10.2. The summed E-state index contributed by atoms with van der Waals surface area (Å²) in [5.74, 6) is -0.464. The van der Waals surface area contributed by atoms with E-state index in [1.165, 1.54) is 4.90 Å². The third-order valence-electron chi connectivity index (χ3n) is 2.70. The summed E-state index contributed by atoms with van der Waals surface area (Å²) in [6.07, 6.45) is 0. The van der Waals surface area contributed by atoms with E-state index in [0.29, 0.717) is 29.5 Å². The molecule has 0 radical (unpaired) electrons. The highest BCUT2D eigenvalue weighted by Crippen LogP contribution is 2.22. The summed E-state index contributed by atoms with van der Waals surface area (Å²) in [6, 6.07) is 4.82. The number of rotatable bonds is 3. The van der Waals surface area contributed by atoms with E-state index in [-0.39, 0.29) is 25.0 Å². The van der Waals surface area contributed by atoms with Gasteiger partial charge in [-0.3, -0.25) is 9.59 Å². The average molecular weight is 284 g/mol. The van der Waals surface area contributed by atoms with Crippen LogP contribution in [0.3, 0.4) is 0 Å². The minimum atomic E-state index is -0.281. The Morgan fingerprint density at radius 2 is 2.32 bits per heavy atom. The van der Waals surface area contributed by atoms with Crippen LogP contribution in [-0.4, -0.2) is 43.0 Å². The summed E-state index contributed by atoms with van der Waals surface area (Å²) in [5.41, 5.74) is 6.58. The molecule has 0 aromatic heterocycles. The maximum absolute atomic E-state index is 11.8. The van der Waals surface area contributed by atoms with E-state index in [9.17, 15) is 9.59 Å². The lowest BCUT2D eigenvalue weighted by atomic mass is 10.2. The van der Waals surface area contributed by atoms with Gasteiger partial charge in [0, 0.05) is 12.2 Å². The third kappa shape index (κ3) is 3.59. The lowest BCUT2D eigenvalue weighted by molar-refractivity contribution is -0.144. The Labute approximate surface area is 115 Å². The quantitative estimate of drug-likeness (QED) is 0.801. The predicted octanol–water partition coefficient (Wildman–Crippen LogP) is 0.720. The van der Waals surface area contributed by atoms with Crippen LogP contribution in [0.4, 0.5) is 11.4 Å². The molecule has 6 nitrogen and oxygen atoms in total.